The van der Waals surface area contributed by atoms with Gasteiger partial charge >= 0.3 is 6.09 Å². The van der Waals surface area contributed by atoms with Crippen molar-refractivity contribution in [1.82, 2.24) is 19.4 Å². The fourth-order valence-electron chi connectivity index (χ4n) is 7.11. The number of aryl methyl sites for hydroxylation is 1. The van der Waals surface area contributed by atoms with Crippen LogP contribution in [0.1, 0.15) is 101 Å². The van der Waals surface area contributed by atoms with E-state index in [9.17, 15) is 22.8 Å². The molecule has 2 fully saturated rings. The molecule has 296 valence electrons. The predicted octanol–water partition coefficient (Wildman–Crippen LogP) is 6.52. The van der Waals surface area contributed by atoms with E-state index < -0.39 is 50.8 Å². The first-order valence-electron chi connectivity index (χ1n) is 18.5. The number of hydrogen-bond acceptors (Lipinski definition) is 10. The lowest BCUT2D eigenvalue weighted by Gasteiger charge is -2.37. The Morgan fingerprint density at radius 3 is 2.43 bits per heavy atom. The Bertz CT molecular complexity index is 1960. The Hall–Kier alpha value is -4.05. The largest absolute Gasteiger partial charge is 0.444 e. The van der Waals surface area contributed by atoms with Crippen molar-refractivity contribution in [3.05, 3.63) is 63.5 Å². The number of benzene rings is 1. The highest BCUT2D eigenvalue weighted by molar-refractivity contribution is 7.91. The molecule has 2 saturated heterocycles. The molecule has 1 aromatic carbocycles. The molecule has 0 radical (unpaired) electrons. The Balaban J connectivity index is 1.40. The number of halogens is 3. The monoisotopic (exact) mass is 777 g/mol. The summed E-state index contributed by atoms with van der Waals surface area (Å²) < 4.78 is 85.2. The van der Waals surface area contributed by atoms with E-state index >= 15 is 13.2 Å². The van der Waals surface area contributed by atoms with Gasteiger partial charge in [0, 0.05) is 56.3 Å². The van der Waals surface area contributed by atoms with E-state index in [4.69, 9.17) is 9.47 Å². The predicted molar refractivity (Wildman–Crippen MR) is 198 cm³/mol. The molecule has 2 aromatic heterocycles. The molecule has 2 aliphatic heterocycles. The van der Waals surface area contributed by atoms with Crippen LogP contribution < -0.4 is 10.9 Å². The Morgan fingerprint density at radius 2 is 1.76 bits per heavy atom. The summed E-state index contributed by atoms with van der Waals surface area (Å²) in [4.78, 5) is 47.2. The number of hydrogen-bond donors (Lipinski definition) is 1. The van der Waals surface area contributed by atoms with Gasteiger partial charge in [0.05, 0.1) is 28.5 Å². The van der Waals surface area contributed by atoms with Gasteiger partial charge in [0.15, 0.2) is 0 Å². The topological polar surface area (TPSA) is 150 Å². The second-order valence-corrected chi connectivity index (χ2v) is 17.5. The fraction of sp³-hybridized carbons (Fsp3) is 0.605. The number of unbranched alkanes of at least 4 members (excludes halogenated alkanes) is 1. The molecule has 1 atom stereocenters. The number of carbonyl (C=O) groups excluding carboxylic acids is 2. The minimum Gasteiger partial charge on any atom is -0.444 e. The molecule has 3 aromatic rings. The molecule has 0 saturated carbocycles. The third-order valence-electron chi connectivity index (χ3n) is 10.1. The number of sulfone groups is 1. The first-order chi connectivity index (χ1) is 25.5. The van der Waals surface area contributed by atoms with Crippen LogP contribution in [0.2, 0.25) is 0 Å². The molecule has 0 bridgehead atoms. The summed E-state index contributed by atoms with van der Waals surface area (Å²) in [6, 6.07) is 4.72. The standard InChI is InChI=1S/C38H50F3N5O7S/c1-25(28-9-7-10-31(32(28)39)38(40,41)27-11-16-45(17-12-27)36(49)53-37(2,3)4)44-33-30-23-29(26-13-21-54(50,51)22-14-26)35(48)46(34(30)43-24-42-33)15-8-20-52-19-6-5-18-47/h7,9-10,18,23-27H,5-6,8,11-17,19-22H2,1-4H3,(H,42,43,44)/t25-/m1/s1. The summed E-state index contributed by atoms with van der Waals surface area (Å²) in [5.41, 5.74) is -1.04. The number of ether oxygens (including phenoxy) is 2. The van der Waals surface area contributed by atoms with Crippen molar-refractivity contribution in [3.8, 4) is 0 Å². The third-order valence-corrected chi connectivity index (χ3v) is 11.8. The maximum Gasteiger partial charge on any atom is 0.410 e. The second-order valence-electron chi connectivity index (χ2n) is 15.2. The third kappa shape index (κ3) is 9.78. The first-order valence-corrected chi connectivity index (χ1v) is 20.4. The lowest BCUT2D eigenvalue weighted by molar-refractivity contribution is -0.108. The number of rotatable bonds is 14. The molecule has 0 unspecified atom stereocenters. The normalized spacial score (nSPS) is 17.7. The van der Waals surface area contributed by atoms with Crippen molar-refractivity contribution in [1.29, 1.82) is 0 Å². The number of likely N-dealkylation sites (tertiary alicyclic amines) is 1. The van der Waals surface area contributed by atoms with Crippen molar-refractivity contribution in [2.75, 3.05) is 43.1 Å². The van der Waals surface area contributed by atoms with E-state index in [-0.39, 0.29) is 79.7 Å². The lowest BCUT2D eigenvalue weighted by Crippen LogP contribution is -2.44. The van der Waals surface area contributed by atoms with Crippen molar-refractivity contribution < 1.29 is 40.7 Å². The number of amides is 1. The number of carbonyl (C=O) groups is 2. The quantitative estimate of drug-likeness (QED) is 0.142. The van der Waals surface area contributed by atoms with Gasteiger partial charge in [-0.25, -0.2) is 36.4 Å². The van der Waals surface area contributed by atoms with Crippen molar-refractivity contribution in [2.24, 2.45) is 5.92 Å². The van der Waals surface area contributed by atoms with E-state index in [1.807, 2.05) is 0 Å². The van der Waals surface area contributed by atoms with Crippen molar-refractivity contribution in [2.45, 2.75) is 103 Å². The Labute approximate surface area is 313 Å². The molecule has 1 N–H and O–H groups in total. The maximum atomic E-state index is 16.2. The number of piperidine rings is 1. The molecule has 2 aliphatic rings. The highest BCUT2D eigenvalue weighted by Crippen LogP contribution is 2.44. The summed E-state index contributed by atoms with van der Waals surface area (Å²) in [5, 5.41) is 3.61. The average molecular weight is 778 g/mol. The van der Waals surface area contributed by atoms with Gasteiger partial charge in [-0.2, -0.15) is 0 Å². The van der Waals surface area contributed by atoms with E-state index in [0.29, 0.717) is 49.1 Å². The average Bonchev–Trinajstić information content (AvgIpc) is 3.11. The van der Waals surface area contributed by atoms with Gasteiger partial charge in [-0.1, -0.05) is 18.2 Å². The molecular formula is C38H50F3N5O7S. The minimum atomic E-state index is -3.52. The number of aromatic nitrogens is 3. The highest BCUT2D eigenvalue weighted by atomic mass is 32.2. The zero-order chi connectivity index (χ0) is 39.3. The minimum absolute atomic E-state index is 0.0112. The zero-order valence-corrected chi connectivity index (χ0v) is 32.1. The number of nitrogens with zero attached hydrogens (tertiary/aromatic N) is 4. The van der Waals surface area contributed by atoms with Crippen LogP contribution in [0.5, 0.6) is 0 Å². The molecular weight excluding hydrogens is 728 g/mol. The number of fused-ring (bicyclic) bond motifs is 1. The summed E-state index contributed by atoms with van der Waals surface area (Å²) in [6.07, 6.45) is 3.45. The van der Waals surface area contributed by atoms with Gasteiger partial charge in [-0.05, 0) is 78.2 Å². The molecule has 1 amide bonds. The van der Waals surface area contributed by atoms with Gasteiger partial charge < -0.3 is 24.5 Å². The SMILES string of the molecule is C[C@@H](Nc1ncnc2c1cc(C1CCS(=O)(=O)CC1)c(=O)n2CCCOCCCC=O)c1cccc(C(F)(F)C2CCN(C(=O)OC(C)(C)C)CC2)c1F. The van der Waals surface area contributed by atoms with E-state index in [2.05, 4.69) is 15.3 Å². The molecule has 0 spiro atoms. The van der Waals surface area contributed by atoms with Gasteiger partial charge in [0.25, 0.3) is 11.5 Å². The number of aldehydes is 1. The number of alkyl halides is 2. The Morgan fingerprint density at radius 1 is 1.07 bits per heavy atom. The fourth-order valence-corrected chi connectivity index (χ4v) is 8.60. The van der Waals surface area contributed by atoms with Crippen LogP contribution in [0, 0.1) is 11.7 Å². The lowest BCUT2D eigenvalue weighted by atomic mass is 9.85. The highest BCUT2D eigenvalue weighted by Gasteiger charge is 2.46. The zero-order valence-electron chi connectivity index (χ0n) is 31.3. The molecule has 0 aliphatic carbocycles. The molecule has 54 heavy (non-hydrogen) atoms. The molecule has 4 heterocycles. The van der Waals surface area contributed by atoms with E-state index in [1.165, 1.54) is 27.9 Å². The van der Waals surface area contributed by atoms with Crippen LogP contribution >= 0.6 is 0 Å². The molecule has 12 nitrogen and oxygen atoms in total. The van der Waals surface area contributed by atoms with Crippen LogP contribution in [0.15, 0.2) is 35.4 Å². The van der Waals surface area contributed by atoms with Crippen LogP contribution in [0.25, 0.3) is 11.0 Å². The first kappa shape index (κ1) is 41.1. The van der Waals surface area contributed by atoms with Crippen molar-refractivity contribution >= 4 is 39.1 Å². The number of anilines is 1. The second kappa shape index (κ2) is 17.2. The van der Waals surface area contributed by atoms with E-state index in [1.54, 1.807) is 33.8 Å². The van der Waals surface area contributed by atoms with Crippen LogP contribution in [-0.2, 0) is 36.6 Å². The number of nitrogens with one attached hydrogen (secondary N) is 1. The molecule has 5 rings (SSSR count). The summed E-state index contributed by atoms with van der Waals surface area (Å²) in [5.74, 6) is -5.92. The van der Waals surface area contributed by atoms with Crippen LogP contribution in [-0.4, -0.2) is 83.6 Å². The van der Waals surface area contributed by atoms with Crippen LogP contribution in [0.3, 0.4) is 0 Å². The van der Waals surface area contributed by atoms with Gasteiger partial charge in [-0.15, -0.1) is 0 Å². The summed E-state index contributed by atoms with van der Waals surface area (Å²) in [7, 11) is -3.20. The van der Waals surface area contributed by atoms with Crippen molar-refractivity contribution in [3.63, 3.8) is 0 Å². The van der Waals surface area contributed by atoms with E-state index in [0.717, 1.165) is 12.4 Å². The smallest absolute Gasteiger partial charge is 0.410 e. The number of pyridine rings is 1. The van der Waals surface area contributed by atoms with Gasteiger partial charge in [0.2, 0.25) is 0 Å². The Kier molecular flexibility index (Phi) is 13.1. The van der Waals surface area contributed by atoms with Crippen LogP contribution in [0.4, 0.5) is 23.8 Å². The van der Waals surface area contributed by atoms with Gasteiger partial charge in [-0.3, -0.25) is 9.36 Å². The summed E-state index contributed by atoms with van der Waals surface area (Å²) >= 11 is 0. The van der Waals surface area contributed by atoms with Gasteiger partial charge in [0.1, 0.15) is 45.3 Å². The maximum absolute atomic E-state index is 16.2. The summed E-state index contributed by atoms with van der Waals surface area (Å²) in [6.45, 7) is 7.90. The molecule has 16 heteroatoms.